The molecule has 1 fully saturated rings. The maximum absolute atomic E-state index is 12.6. The fraction of sp³-hybridized carbons (Fsp3) is 0.423. The first-order chi connectivity index (χ1) is 15.0. The predicted octanol–water partition coefficient (Wildman–Crippen LogP) is 4.70. The highest BCUT2D eigenvalue weighted by molar-refractivity contribution is 5.95. The van der Waals surface area contributed by atoms with Crippen LogP contribution in [0, 0.1) is 5.92 Å². The van der Waals surface area contributed by atoms with Crippen molar-refractivity contribution in [3.05, 3.63) is 59.9 Å². The molecule has 0 radical (unpaired) electrons. The van der Waals surface area contributed by atoms with Crippen molar-refractivity contribution in [1.29, 1.82) is 0 Å². The van der Waals surface area contributed by atoms with E-state index < -0.39 is 0 Å². The van der Waals surface area contributed by atoms with Crippen LogP contribution in [0.3, 0.4) is 0 Å². The van der Waals surface area contributed by atoms with Crippen LogP contribution in [0.1, 0.15) is 30.0 Å². The van der Waals surface area contributed by atoms with Crippen molar-refractivity contribution in [2.75, 3.05) is 46.4 Å². The van der Waals surface area contributed by atoms with Crippen molar-refractivity contribution in [3.63, 3.8) is 0 Å². The lowest BCUT2D eigenvalue weighted by atomic mass is 10.0. The monoisotopic (exact) mass is 420 g/mol. The van der Waals surface area contributed by atoms with Gasteiger partial charge in [0.05, 0.1) is 13.2 Å². The highest BCUT2D eigenvalue weighted by atomic mass is 16.5. The fourth-order valence-corrected chi connectivity index (χ4v) is 4.17. The zero-order valence-electron chi connectivity index (χ0n) is 18.8. The lowest BCUT2D eigenvalue weighted by Gasteiger charge is -2.26. The normalized spacial score (nSPS) is 14.7. The van der Waals surface area contributed by atoms with Gasteiger partial charge in [-0.2, -0.15) is 0 Å². The summed E-state index contributed by atoms with van der Waals surface area (Å²) in [5.41, 5.74) is 3.87. The number of rotatable bonds is 7. The summed E-state index contributed by atoms with van der Waals surface area (Å²) in [4.78, 5) is 16.9. The maximum atomic E-state index is 12.6. The molecule has 0 aliphatic carbocycles. The molecule has 1 saturated heterocycles. The van der Waals surface area contributed by atoms with Crippen LogP contribution in [0.4, 0.5) is 0 Å². The summed E-state index contributed by atoms with van der Waals surface area (Å²) in [6.07, 6.45) is 0.908. The Morgan fingerprint density at radius 2 is 1.74 bits per heavy atom. The van der Waals surface area contributed by atoms with E-state index in [1.165, 1.54) is 0 Å². The van der Waals surface area contributed by atoms with Crippen molar-refractivity contribution >= 4 is 16.9 Å². The van der Waals surface area contributed by atoms with Crippen molar-refractivity contribution in [3.8, 4) is 11.1 Å². The van der Waals surface area contributed by atoms with E-state index in [1.807, 2.05) is 35.2 Å². The molecule has 0 spiro atoms. The molecular weight excluding hydrogens is 388 g/mol. The molecule has 2 heterocycles. The number of carbonyl (C=O) groups is 1. The van der Waals surface area contributed by atoms with E-state index in [-0.39, 0.29) is 5.91 Å². The Morgan fingerprint density at radius 3 is 2.45 bits per heavy atom. The zero-order valence-corrected chi connectivity index (χ0v) is 18.8. The Balaban J connectivity index is 1.45. The van der Waals surface area contributed by atoms with Crippen molar-refractivity contribution < 1.29 is 13.9 Å². The quantitative estimate of drug-likeness (QED) is 0.556. The number of likely N-dealkylation sites (N-methyl/N-ethyl adjacent to an activating group) is 1. The third kappa shape index (κ3) is 5.35. The average Bonchev–Trinajstić information content (AvgIpc) is 3.20. The molecule has 5 nitrogen and oxygen atoms in total. The Hall–Kier alpha value is -2.63. The van der Waals surface area contributed by atoms with E-state index in [1.54, 1.807) is 0 Å². The molecule has 31 heavy (non-hydrogen) atoms. The van der Waals surface area contributed by atoms with Crippen LogP contribution >= 0.6 is 0 Å². The molecule has 0 N–H and O–H groups in total. The average molecular weight is 421 g/mol. The minimum absolute atomic E-state index is 0.0761. The summed E-state index contributed by atoms with van der Waals surface area (Å²) >= 11 is 0. The molecule has 3 aromatic rings. The Labute approximate surface area is 184 Å². The van der Waals surface area contributed by atoms with E-state index in [0.717, 1.165) is 52.9 Å². The molecule has 164 valence electrons. The highest BCUT2D eigenvalue weighted by Crippen LogP contribution is 2.27. The van der Waals surface area contributed by atoms with Gasteiger partial charge in [0.15, 0.2) is 0 Å². The smallest absolute Gasteiger partial charge is 0.254 e. The molecule has 5 heteroatoms. The molecule has 1 amide bonds. The van der Waals surface area contributed by atoms with Crippen LogP contribution < -0.4 is 0 Å². The lowest BCUT2D eigenvalue weighted by Crippen LogP contribution is -2.40. The first-order valence-electron chi connectivity index (χ1n) is 11.2. The van der Waals surface area contributed by atoms with Gasteiger partial charge in [0.2, 0.25) is 0 Å². The van der Waals surface area contributed by atoms with Gasteiger partial charge in [0.1, 0.15) is 11.3 Å². The summed E-state index contributed by atoms with van der Waals surface area (Å²) in [5, 5.41) is 1.12. The minimum Gasteiger partial charge on any atom is -0.461 e. The van der Waals surface area contributed by atoms with Crippen LogP contribution in [0.5, 0.6) is 0 Å². The highest BCUT2D eigenvalue weighted by Gasteiger charge is 2.18. The molecule has 4 rings (SSSR count). The summed E-state index contributed by atoms with van der Waals surface area (Å²) < 4.78 is 11.4. The third-order valence-corrected chi connectivity index (χ3v) is 5.75. The predicted molar refractivity (Wildman–Crippen MR) is 124 cm³/mol. The molecule has 0 unspecified atom stereocenters. The molecule has 2 aromatic carbocycles. The van der Waals surface area contributed by atoms with Crippen LogP contribution in [0.15, 0.2) is 52.9 Å². The molecular formula is C26H32N2O3. The second-order valence-electron chi connectivity index (χ2n) is 8.85. The summed E-state index contributed by atoms with van der Waals surface area (Å²) in [6, 6.07) is 16.3. The molecule has 1 aromatic heterocycles. The number of nitrogens with zero attached hydrogens (tertiary/aromatic N) is 2. The van der Waals surface area contributed by atoms with Gasteiger partial charge in [0.25, 0.3) is 5.91 Å². The van der Waals surface area contributed by atoms with E-state index in [9.17, 15) is 4.79 Å². The molecule has 0 atom stereocenters. The summed E-state index contributed by atoms with van der Waals surface area (Å²) in [7, 11) is 2.16. The largest absolute Gasteiger partial charge is 0.461 e. The van der Waals surface area contributed by atoms with Crippen molar-refractivity contribution in [2.24, 2.45) is 5.92 Å². The summed E-state index contributed by atoms with van der Waals surface area (Å²) in [6.45, 7) is 9.11. The van der Waals surface area contributed by atoms with Crippen molar-refractivity contribution in [1.82, 2.24) is 9.80 Å². The van der Waals surface area contributed by atoms with Gasteiger partial charge in [-0.3, -0.25) is 4.79 Å². The summed E-state index contributed by atoms with van der Waals surface area (Å²) in [5.74, 6) is 1.76. The van der Waals surface area contributed by atoms with Crippen LogP contribution in [-0.4, -0.2) is 62.1 Å². The van der Waals surface area contributed by atoms with Crippen LogP contribution in [0.2, 0.25) is 0 Å². The van der Waals surface area contributed by atoms with Gasteiger partial charge in [-0.05, 0) is 54.4 Å². The lowest BCUT2D eigenvalue weighted by molar-refractivity contribution is 0.0303. The van der Waals surface area contributed by atoms with Crippen molar-refractivity contribution in [2.45, 2.75) is 20.3 Å². The Kier molecular flexibility index (Phi) is 6.73. The van der Waals surface area contributed by atoms with Crippen LogP contribution in [-0.2, 0) is 11.2 Å². The number of carbonyl (C=O) groups excluding carboxylic acids is 1. The van der Waals surface area contributed by atoms with Gasteiger partial charge >= 0.3 is 0 Å². The van der Waals surface area contributed by atoms with Gasteiger partial charge in [-0.15, -0.1) is 0 Å². The second kappa shape index (κ2) is 9.67. The first kappa shape index (κ1) is 21.6. The number of morpholine rings is 1. The van der Waals surface area contributed by atoms with Gasteiger partial charge in [-0.1, -0.05) is 32.0 Å². The van der Waals surface area contributed by atoms with E-state index in [2.05, 4.69) is 44.0 Å². The van der Waals surface area contributed by atoms with E-state index >= 15 is 0 Å². The molecule has 0 saturated carbocycles. The van der Waals surface area contributed by atoms with Gasteiger partial charge < -0.3 is 19.0 Å². The number of ether oxygens (including phenoxy) is 1. The number of amides is 1. The first-order valence-corrected chi connectivity index (χ1v) is 11.2. The van der Waals surface area contributed by atoms with E-state index in [4.69, 9.17) is 9.15 Å². The third-order valence-electron chi connectivity index (χ3n) is 5.75. The number of hydrogen-bond acceptors (Lipinski definition) is 4. The van der Waals surface area contributed by atoms with Gasteiger partial charge in [0, 0.05) is 43.5 Å². The topological polar surface area (TPSA) is 45.9 Å². The standard InChI is InChI=1S/C26H32N2O3/c1-19(2)18-27(3)11-10-24-17-23-16-22(8-9-25(23)31-24)20-4-6-21(7-5-20)26(29)28-12-14-30-15-13-28/h4-9,16-17,19H,10-15,18H2,1-3H3. The number of benzene rings is 2. The zero-order chi connectivity index (χ0) is 21.8. The minimum atomic E-state index is 0.0761. The van der Waals surface area contributed by atoms with E-state index in [0.29, 0.717) is 32.2 Å². The fourth-order valence-electron chi connectivity index (χ4n) is 4.17. The number of furan rings is 1. The maximum Gasteiger partial charge on any atom is 0.254 e. The number of hydrogen-bond donors (Lipinski definition) is 0. The Bertz CT molecular complexity index is 1020. The Morgan fingerprint density at radius 1 is 1.03 bits per heavy atom. The number of fused-ring (bicyclic) bond motifs is 1. The molecule has 0 bridgehead atoms. The molecule has 1 aliphatic rings. The van der Waals surface area contributed by atoms with Crippen LogP contribution in [0.25, 0.3) is 22.1 Å². The SMILES string of the molecule is CC(C)CN(C)CCc1cc2cc(-c3ccc(C(=O)N4CCOCC4)cc3)ccc2o1. The molecule has 1 aliphatic heterocycles. The van der Waals surface area contributed by atoms with Gasteiger partial charge in [-0.25, -0.2) is 0 Å². The second-order valence-corrected chi connectivity index (χ2v) is 8.85.